The van der Waals surface area contributed by atoms with Crippen molar-refractivity contribution >= 4 is 17.2 Å². The predicted octanol–water partition coefficient (Wildman–Crippen LogP) is 4.31. The number of aryl methyl sites for hydroxylation is 1. The molecule has 5 aromatic rings. The summed E-state index contributed by atoms with van der Waals surface area (Å²) in [5.41, 5.74) is 4.64. The summed E-state index contributed by atoms with van der Waals surface area (Å²) >= 11 is 0. The maximum atomic E-state index is 13.2. The number of anilines is 1. The highest BCUT2D eigenvalue weighted by molar-refractivity contribution is 5.95. The Balaban J connectivity index is 1.41. The lowest BCUT2D eigenvalue weighted by atomic mass is 10.1. The molecule has 0 aliphatic rings. The van der Waals surface area contributed by atoms with Gasteiger partial charge in [-0.25, -0.2) is 14.1 Å². The molecule has 0 saturated carbocycles. The summed E-state index contributed by atoms with van der Waals surface area (Å²) in [4.78, 5) is 29.9. The zero-order valence-electron chi connectivity index (χ0n) is 18.3. The van der Waals surface area contributed by atoms with Crippen molar-refractivity contribution in [1.82, 2.24) is 19.2 Å². The summed E-state index contributed by atoms with van der Waals surface area (Å²) in [5, 5.41) is 7.15. The van der Waals surface area contributed by atoms with Gasteiger partial charge in [0.1, 0.15) is 18.0 Å². The number of rotatable bonds is 5. The van der Waals surface area contributed by atoms with E-state index in [1.54, 1.807) is 24.3 Å². The molecule has 7 nitrogen and oxygen atoms in total. The summed E-state index contributed by atoms with van der Waals surface area (Å²) in [6.07, 6.45) is 3.83. The summed E-state index contributed by atoms with van der Waals surface area (Å²) < 4.78 is 16.3. The molecule has 34 heavy (non-hydrogen) atoms. The molecule has 3 aromatic heterocycles. The number of hydrogen-bond donors (Lipinski definition) is 1. The first kappa shape index (κ1) is 21.3. The second-order valence-corrected chi connectivity index (χ2v) is 7.86. The summed E-state index contributed by atoms with van der Waals surface area (Å²) in [7, 11) is 0. The minimum absolute atomic E-state index is 0.271. The summed E-state index contributed by atoms with van der Waals surface area (Å²) in [6.45, 7) is 1.72. The molecule has 2 aromatic carbocycles. The van der Waals surface area contributed by atoms with Crippen molar-refractivity contribution in [2.24, 2.45) is 0 Å². The maximum Gasteiger partial charge on any atom is 0.267 e. The summed E-state index contributed by atoms with van der Waals surface area (Å²) in [6, 6.07) is 20.0. The standard InChI is InChI=1S/C26H20FN5O2/c1-17-5-4-14-31-15-23(29-26(17)31)20-6-2-3-7-22(20)28-24(33)16-32-25(34)13-12-21(30-32)18-8-10-19(27)11-9-18/h2-15H,16H2,1H3,(H,28,33). The van der Waals surface area contributed by atoms with Crippen LogP contribution >= 0.6 is 0 Å². The van der Waals surface area contributed by atoms with Crippen LogP contribution in [0.15, 0.2) is 90.0 Å². The van der Waals surface area contributed by atoms with Crippen LogP contribution in [0.4, 0.5) is 10.1 Å². The van der Waals surface area contributed by atoms with Gasteiger partial charge in [-0.3, -0.25) is 9.59 Å². The Hall–Kier alpha value is -4.59. The lowest BCUT2D eigenvalue weighted by Gasteiger charge is -2.11. The molecule has 0 spiro atoms. The first-order chi connectivity index (χ1) is 16.5. The minimum atomic E-state index is -0.412. The van der Waals surface area contributed by atoms with Gasteiger partial charge in [-0.05, 0) is 55.0 Å². The second kappa shape index (κ2) is 8.74. The van der Waals surface area contributed by atoms with Crippen molar-refractivity contribution in [3.63, 3.8) is 0 Å². The molecule has 0 bridgehead atoms. The molecule has 0 aliphatic heterocycles. The number of nitrogens with zero attached hydrogens (tertiary/aromatic N) is 4. The van der Waals surface area contributed by atoms with E-state index in [0.29, 0.717) is 16.9 Å². The zero-order valence-corrected chi connectivity index (χ0v) is 18.3. The first-order valence-electron chi connectivity index (χ1n) is 10.7. The van der Waals surface area contributed by atoms with Gasteiger partial charge in [0, 0.05) is 29.6 Å². The number of fused-ring (bicyclic) bond motifs is 1. The van der Waals surface area contributed by atoms with Crippen molar-refractivity contribution in [2.75, 3.05) is 5.32 Å². The SMILES string of the molecule is Cc1cccn2cc(-c3ccccc3NC(=O)Cn3nc(-c4ccc(F)cc4)ccc3=O)nc12. The highest BCUT2D eigenvalue weighted by Gasteiger charge is 2.14. The maximum absolute atomic E-state index is 13.2. The van der Waals surface area contributed by atoms with E-state index in [0.717, 1.165) is 27.1 Å². The van der Waals surface area contributed by atoms with Gasteiger partial charge in [0.2, 0.25) is 5.91 Å². The molecule has 8 heteroatoms. The van der Waals surface area contributed by atoms with Crippen LogP contribution in [0.2, 0.25) is 0 Å². The Morgan fingerprint density at radius 1 is 0.971 bits per heavy atom. The summed E-state index contributed by atoms with van der Waals surface area (Å²) in [5.74, 6) is -0.769. The van der Waals surface area contributed by atoms with E-state index in [1.165, 1.54) is 18.2 Å². The number of carbonyl (C=O) groups is 1. The lowest BCUT2D eigenvalue weighted by Crippen LogP contribution is -2.29. The number of imidazole rings is 1. The predicted molar refractivity (Wildman–Crippen MR) is 128 cm³/mol. The Bertz CT molecular complexity index is 1570. The molecule has 0 unspecified atom stereocenters. The monoisotopic (exact) mass is 453 g/mol. The Morgan fingerprint density at radius 2 is 1.76 bits per heavy atom. The molecule has 1 N–H and O–H groups in total. The lowest BCUT2D eigenvalue weighted by molar-refractivity contribution is -0.117. The fourth-order valence-corrected chi connectivity index (χ4v) is 3.76. The van der Waals surface area contributed by atoms with Crippen molar-refractivity contribution in [3.05, 3.63) is 107 Å². The fourth-order valence-electron chi connectivity index (χ4n) is 3.76. The number of pyridine rings is 1. The first-order valence-corrected chi connectivity index (χ1v) is 10.7. The average molecular weight is 453 g/mol. The number of halogens is 1. The van der Waals surface area contributed by atoms with Crippen molar-refractivity contribution in [3.8, 4) is 22.5 Å². The molecule has 5 rings (SSSR count). The van der Waals surface area contributed by atoms with Gasteiger partial charge in [0.15, 0.2) is 0 Å². The topological polar surface area (TPSA) is 81.3 Å². The Morgan fingerprint density at radius 3 is 2.56 bits per heavy atom. The third-order valence-electron chi connectivity index (χ3n) is 5.45. The number of nitrogens with one attached hydrogen (secondary N) is 1. The van der Waals surface area contributed by atoms with Crippen molar-refractivity contribution in [2.45, 2.75) is 13.5 Å². The van der Waals surface area contributed by atoms with Gasteiger partial charge in [-0.2, -0.15) is 5.10 Å². The van der Waals surface area contributed by atoms with Crippen molar-refractivity contribution < 1.29 is 9.18 Å². The Labute approximate surface area is 194 Å². The number of para-hydroxylation sites is 1. The van der Waals surface area contributed by atoms with Crippen LogP contribution in [-0.4, -0.2) is 25.1 Å². The minimum Gasteiger partial charge on any atom is -0.324 e. The van der Waals surface area contributed by atoms with Gasteiger partial charge < -0.3 is 9.72 Å². The van der Waals surface area contributed by atoms with E-state index < -0.39 is 11.5 Å². The van der Waals surface area contributed by atoms with E-state index in [4.69, 9.17) is 4.98 Å². The fraction of sp³-hybridized carbons (Fsp3) is 0.0769. The van der Waals surface area contributed by atoms with Crippen LogP contribution in [0.5, 0.6) is 0 Å². The highest BCUT2D eigenvalue weighted by atomic mass is 19.1. The smallest absolute Gasteiger partial charge is 0.267 e. The molecule has 0 fully saturated rings. The van der Waals surface area contributed by atoms with Crippen molar-refractivity contribution in [1.29, 1.82) is 0 Å². The molecule has 0 radical (unpaired) electrons. The average Bonchev–Trinajstić information content (AvgIpc) is 3.27. The van der Waals surface area contributed by atoms with Crippen LogP contribution < -0.4 is 10.9 Å². The van der Waals surface area contributed by atoms with E-state index in [2.05, 4.69) is 10.4 Å². The number of benzene rings is 2. The van der Waals surface area contributed by atoms with Crippen LogP contribution in [0.3, 0.4) is 0 Å². The molecular formula is C26H20FN5O2. The van der Waals surface area contributed by atoms with E-state index >= 15 is 0 Å². The third-order valence-corrected chi connectivity index (χ3v) is 5.45. The quantitative estimate of drug-likeness (QED) is 0.430. The van der Waals surface area contributed by atoms with Gasteiger partial charge in [0.25, 0.3) is 5.56 Å². The van der Waals surface area contributed by atoms with E-state index in [9.17, 15) is 14.0 Å². The van der Waals surface area contributed by atoms with Gasteiger partial charge in [-0.15, -0.1) is 0 Å². The van der Waals surface area contributed by atoms with Gasteiger partial charge in [0.05, 0.1) is 17.1 Å². The van der Waals surface area contributed by atoms with E-state index in [-0.39, 0.29) is 12.4 Å². The molecule has 1 amide bonds. The molecule has 168 valence electrons. The van der Waals surface area contributed by atoms with Crippen LogP contribution in [0.1, 0.15) is 5.56 Å². The number of hydrogen-bond acceptors (Lipinski definition) is 4. The van der Waals surface area contributed by atoms with Crippen LogP contribution in [0.25, 0.3) is 28.2 Å². The number of aromatic nitrogens is 4. The molecule has 0 atom stereocenters. The molecule has 0 saturated heterocycles. The van der Waals surface area contributed by atoms with Gasteiger partial charge in [-0.1, -0.05) is 24.3 Å². The van der Waals surface area contributed by atoms with Gasteiger partial charge >= 0.3 is 0 Å². The van der Waals surface area contributed by atoms with E-state index in [1.807, 2.05) is 54.0 Å². The second-order valence-electron chi connectivity index (χ2n) is 7.86. The highest BCUT2D eigenvalue weighted by Crippen LogP contribution is 2.28. The molecular weight excluding hydrogens is 433 g/mol. The number of amides is 1. The third kappa shape index (κ3) is 4.21. The van der Waals surface area contributed by atoms with Crippen LogP contribution in [-0.2, 0) is 11.3 Å². The Kier molecular flexibility index (Phi) is 5.47. The molecule has 0 aliphatic carbocycles. The normalized spacial score (nSPS) is 11.0. The number of carbonyl (C=O) groups excluding carboxylic acids is 1. The molecule has 3 heterocycles. The van der Waals surface area contributed by atoms with Crippen LogP contribution in [0, 0.1) is 12.7 Å². The largest absolute Gasteiger partial charge is 0.324 e. The zero-order chi connectivity index (χ0) is 23.7.